The number of isocyanates is 1. The number of hydrogen-bond donors (Lipinski definition) is 1. The molecule has 5 nitrogen and oxygen atoms in total. The Morgan fingerprint density at radius 3 is 2.76 bits per heavy atom. The van der Waals surface area contributed by atoms with Crippen LogP contribution in [-0.2, 0) is 9.53 Å². The maximum atomic E-state index is 12.0. The second kappa shape index (κ2) is 9.89. The molecular weight excluding hydrogens is 366 g/mol. The molecule has 4 atom stereocenters. The van der Waals surface area contributed by atoms with Crippen LogP contribution in [0, 0.1) is 17.3 Å². The SMILES string of the molecule is C=C(C)[C@@H]1CCC(C)=C[C@H]1C1(C)C(O)=CC(CCCCC)=CC1OC(=O)N=C=O. The molecule has 0 saturated heterocycles. The van der Waals surface area contributed by atoms with Gasteiger partial charge in [0.05, 0.1) is 5.41 Å². The van der Waals surface area contributed by atoms with Crippen LogP contribution in [0.4, 0.5) is 4.79 Å². The quantitative estimate of drug-likeness (QED) is 0.234. The number of aliphatic hydroxyl groups is 1. The van der Waals surface area contributed by atoms with Crippen LogP contribution in [0.1, 0.15) is 66.2 Å². The van der Waals surface area contributed by atoms with Gasteiger partial charge in [-0.2, -0.15) is 0 Å². The fourth-order valence-electron chi connectivity index (χ4n) is 4.53. The van der Waals surface area contributed by atoms with Crippen LogP contribution < -0.4 is 0 Å². The Balaban J connectivity index is 2.48. The van der Waals surface area contributed by atoms with Crippen molar-refractivity contribution in [1.29, 1.82) is 0 Å². The zero-order chi connectivity index (χ0) is 21.6. The van der Waals surface area contributed by atoms with Crippen molar-refractivity contribution in [3.8, 4) is 0 Å². The molecule has 0 spiro atoms. The van der Waals surface area contributed by atoms with Crippen molar-refractivity contribution in [2.24, 2.45) is 22.2 Å². The van der Waals surface area contributed by atoms with E-state index in [9.17, 15) is 14.7 Å². The Hall–Kier alpha value is -2.39. The summed E-state index contributed by atoms with van der Waals surface area (Å²) in [5, 5.41) is 11.2. The highest BCUT2D eigenvalue weighted by Crippen LogP contribution is 2.51. The minimum Gasteiger partial charge on any atom is -0.512 e. The van der Waals surface area contributed by atoms with Gasteiger partial charge in [0.15, 0.2) is 0 Å². The standard InChI is InChI=1S/C24H33NO4/c1-6-7-8-9-18-13-21(27)24(5,22(14-18)29-23(28)25-15-26)20-12-17(4)10-11-19(20)16(2)3/h12-14,19-20,22,27H,2,6-11H2,1,3-5H3/t19-,20+,22?,24?/m0/s1. The monoisotopic (exact) mass is 399 g/mol. The fourth-order valence-corrected chi connectivity index (χ4v) is 4.53. The number of carbonyl (C=O) groups excluding carboxylic acids is 2. The van der Waals surface area contributed by atoms with E-state index >= 15 is 0 Å². The van der Waals surface area contributed by atoms with Gasteiger partial charge in [-0.15, -0.1) is 0 Å². The summed E-state index contributed by atoms with van der Waals surface area (Å²) in [6, 6.07) is 0. The van der Waals surface area contributed by atoms with Gasteiger partial charge in [0.1, 0.15) is 11.9 Å². The summed E-state index contributed by atoms with van der Waals surface area (Å²) >= 11 is 0. The summed E-state index contributed by atoms with van der Waals surface area (Å²) in [5.74, 6) is 0.267. The van der Waals surface area contributed by atoms with E-state index in [1.165, 1.54) is 11.7 Å². The second-order valence-corrected chi connectivity index (χ2v) is 8.55. The number of ether oxygens (including phenoxy) is 1. The van der Waals surface area contributed by atoms with Crippen LogP contribution >= 0.6 is 0 Å². The lowest BCUT2D eigenvalue weighted by Crippen LogP contribution is -2.47. The van der Waals surface area contributed by atoms with E-state index in [1.54, 1.807) is 0 Å². The number of amides is 1. The summed E-state index contributed by atoms with van der Waals surface area (Å²) in [6.45, 7) is 12.3. The maximum Gasteiger partial charge on any atom is 0.445 e. The van der Waals surface area contributed by atoms with Gasteiger partial charge >= 0.3 is 6.09 Å². The lowest BCUT2D eigenvalue weighted by molar-refractivity contribution is 0.00404. The van der Waals surface area contributed by atoms with Crippen LogP contribution in [-0.4, -0.2) is 23.4 Å². The molecule has 0 aromatic rings. The van der Waals surface area contributed by atoms with Crippen LogP contribution in [0.5, 0.6) is 0 Å². The molecule has 0 aromatic heterocycles. The highest BCUT2D eigenvalue weighted by Gasteiger charge is 2.50. The molecule has 2 unspecified atom stereocenters. The normalized spacial score (nSPS) is 29.1. The van der Waals surface area contributed by atoms with E-state index in [2.05, 4.69) is 31.5 Å². The number of unbranched alkanes of at least 4 members (excludes halogenated alkanes) is 2. The van der Waals surface area contributed by atoms with Crippen molar-refractivity contribution in [2.45, 2.75) is 72.3 Å². The van der Waals surface area contributed by atoms with Gasteiger partial charge in [-0.05, 0) is 76.0 Å². The summed E-state index contributed by atoms with van der Waals surface area (Å²) in [5.41, 5.74) is 2.36. The van der Waals surface area contributed by atoms with E-state index in [1.807, 2.05) is 26.0 Å². The third-order valence-corrected chi connectivity index (χ3v) is 6.34. The van der Waals surface area contributed by atoms with E-state index in [0.29, 0.717) is 0 Å². The molecule has 2 aliphatic rings. The number of carbonyl (C=O) groups is 1. The van der Waals surface area contributed by atoms with Crippen molar-refractivity contribution >= 4 is 12.2 Å². The molecule has 158 valence electrons. The van der Waals surface area contributed by atoms with E-state index < -0.39 is 17.6 Å². The summed E-state index contributed by atoms with van der Waals surface area (Å²) in [7, 11) is 0. The third kappa shape index (κ3) is 5.16. The molecule has 2 aliphatic carbocycles. The first kappa shape index (κ1) is 22.9. The first-order valence-electron chi connectivity index (χ1n) is 10.5. The van der Waals surface area contributed by atoms with E-state index in [4.69, 9.17) is 4.74 Å². The van der Waals surface area contributed by atoms with Gasteiger partial charge in [0.2, 0.25) is 6.08 Å². The van der Waals surface area contributed by atoms with Crippen LogP contribution in [0.3, 0.4) is 0 Å². The van der Waals surface area contributed by atoms with Crippen molar-refractivity contribution in [3.63, 3.8) is 0 Å². The molecule has 29 heavy (non-hydrogen) atoms. The van der Waals surface area contributed by atoms with Crippen molar-refractivity contribution in [1.82, 2.24) is 0 Å². The van der Waals surface area contributed by atoms with Crippen LogP contribution in [0.2, 0.25) is 0 Å². The minimum absolute atomic E-state index is 0.0866. The molecular formula is C24H33NO4. The van der Waals surface area contributed by atoms with Gasteiger partial charge in [-0.3, -0.25) is 0 Å². The zero-order valence-electron chi connectivity index (χ0n) is 18.0. The van der Waals surface area contributed by atoms with Crippen LogP contribution in [0.15, 0.2) is 52.3 Å². The van der Waals surface area contributed by atoms with E-state index in [0.717, 1.165) is 49.7 Å². The largest absolute Gasteiger partial charge is 0.512 e. The lowest BCUT2D eigenvalue weighted by Gasteiger charge is -2.47. The zero-order valence-corrected chi connectivity index (χ0v) is 18.0. The highest BCUT2D eigenvalue weighted by molar-refractivity contribution is 5.74. The van der Waals surface area contributed by atoms with Gasteiger partial charge in [-0.1, -0.05) is 48.6 Å². The average molecular weight is 400 g/mol. The highest BCUT2D eigenvalue weighted by atomic mass is 16.6. The van der Waals surface area contributed by atoms with Gasteiger partial charge in [0, 0.05) is 0 Å². The van der Waals surface area contributed by atoms with Crippen molar-refractivity contribution < 1.29 is 19.4 Å². The molecule has 0 radical (unpaired) electrons. The fraction of sp³-hybridized carbons (Fsp3) is 0.583. The van der Waals surface area contributed by atoms with Gasteiger partial charge in [0.25, 0.3) is 0 Å². The average Bonchev–Trinajstić information content (AvgIpc) is 2.65. The van der Waals surface area contributed by atoms with Gasteiger partial charge < -0.3 is 9.84 Å². The Morgan fingerprint density at radius 2 is 2.14 bits per heavy atom. The summed E-state index contributed by atoms with van der Waals surface area (Å²) in [4.78, 5) is 25.6. The number of rotatable bonds is 7. The predicted molar refractivity (Wildman–Crippen MR) is 114 cm³/mol. The Bertz CT molecular complexity index is 785. The van der Waals surface area contributed by atoms with Crippen LogP contribution in [0.25, 0.3) is 0 Å². The van der Waals surface area contributed by atoms with Crippen molar-refractivity contribution in [2.75, 3.05) is 0 Å². The summed E-state index contributed by atoms with van der Waals surface area (Å²) < 4.78 is 5.57. The number of nitrogens with zero attached hydrogens (tertiary/aromatic N) is 1. The smallest absolute Gasteiger partial charge is 0.445 e. The number of hydrogen-bond acceptors (Lipinski definition) is 4. The molecule has 1 N–H and O–H groups in total. The topological polar surface area (TPSA) is 76.0 Å². The maximum absolute atomic E-state index is 12.0. The summed E-state index contributed by atoms with van der Waals surface area (Å²) in [6.07, 6.45) is 11.3. The first-order chi connectivity index (χ1) is 13.7. The third-order valence-electron chi connectivity index (χ3n) is 6.34. The first-order valence-corrected chi connectivity index (χ1v) is 10.5. The number of allylic oxidation sites excluding steroid dienone is 5. The number of aliphatic imine (C=N–C) groups is 1. The molecule has 5 heteroatoms. The Kier molecular flexibility index (Phi) is 7.80. The minimum atomic E-state index is -0.988. The lowest BCUT2D eigenvalue weighted by atomic mass is 9.59. The molecule has 2 rings (SSSR count). The van der Waals surface area contributed by atoms with E-state index in [-0.39, 0.29) is 17.6 Å². The molecule has 0 heterocycles. The predicted octanol–water partition coefficient (Wildman–Crippen LogP) is 6.34. The second-order valence-electron chi connectivity index (χ2n) is 8.55. The molecule has 0 aliphatic heterocycles. The molecule has 1 amide bonds. The molecule has 0 saturated carbocycles. The molecule has 0 aromatic carbocycles. The van der Waals surface area contributed by atoms with Gasteiger partial charge in [-0.25, -0.2) is 9.59 Å². The number of aliphatic hydroxyl groups excluding tert-OH is 1. The van der Waals surface area contributed by atoms with Crippen molar-refractivity contribution in [3.05, 3.63) is 47.3 Å². The molecule has 0 fully saturated rings. The molecule has 0 bridgehead atoms. The Labute approximate surface area is 173 Å². The Morgan fingerprint density at radius 1 is 1.41 bits per heavy atom.